The molecule has 2 N–H and O–H groups in total. The van der Waals surface area contributed by atoms with Crippen molar-refractivity contribution in [1.82, 2.24) is 15.0 Å². The molecule has 4 heteroatoms. The minimum atomic E-state index is 0.535. The first-order chi connectivity index (χ1) is 22.7. The van der Waals surface area contributed by atoms with Crippen LogP contribution in [0.2, 0.25) is 0 Å². The highest BCUT2D eigenvalue weighted by atomic mass is 15.0. The number of aromatic nitrogens is 3. The monoisotopic (exact) mass is 590 g/mol. The fraction of sp³-hybridized carbons (Fsp3) is 0.0238. The third kappa shape index (κ3) is 4.77. The lowest BCUT2D eigenvalue weighted by Gasteiger charge is -2.15. The lowest BCUT2D eigenvalue weighted by molar-refractivity contribution is 1.03. The predicted octanol–water partition coefficient (Wildman–Crippen LogP) is 9.99. The van der Waals surface area contributed by atoms with Gasteiger partial charge in [0.2, 0.25) is 0 Å². The van der Waals surface area contributed by atoms with E-state index in [4.69, 9.17) is 20.7 Å². The van der Waals surface area contributed by atoms with Gasteiger partial charge in [0.15, 0.2) is 17.5 Å². The van der Waals surface area contributed by atoms with Gasteiger partial charge >= 0.3 is 0 Å². The highest BCUT2D eigenvalue weighted by molar-refractivity contribution is 6.09. The van der Waals surface area contributed by atoms with Crippen LogP contribution in [0.1, 0.15) is 17.0 Å². The molecule has 0 aliphatic carbocycles. The van der Waals surface area contributed by atoms with E-state index < -0.39 is 0 Å². The number of rotatable bonds is 5. The maximum absolute atomic E-state index is 6.39. The van der Waals surface area contributed by atoms with Crippen LogP contribution in [0.25, 0.3) is 71.8 Å². The summed E-state index contributed by atoms with van der Waals surface area (Å²) < 4.78 is 0. The maximum Gasteiger partial charge on any atom is 0.166 e. The summed E-state index contributed by atoms with van der Waals surface area (Å²) >= 11 is 0. The summed E-state index contributed by atoms with van der Waals surface area (Å²) in [5, 5.41) is 7.28. The molecule has 0 aliphatic rings. The number of benzene rings is 7. The molecule has 0 atom stereocenters. The average molecular weight is 591 g/mol. The van der Waals surface area contributed by atoms with Gasteiger partial charge in [-0.1, -0.05) is 146 Å². The summed E-state index contributed by atoms with van der Waals surface area (Å²) in [7, 11) is 0. The quantitative estimate of drug-likeness (QED) is 0.203. The number of nitrogens with two attached hydrogens (primary N) is 1. The largest absolute Gasteiger partial charge is 0.404 e. The highest BCUT2D eigenvalue weighted by Gasteiger charge is 2.18. The van der Waals surface area contributed by atoms with Crippen LogP contribution in [-0.4, -0.2) is 15.0 Å². The van der Waals surface area contributed by atoms with E-state index in [2.05, 4.69) is 122 Å². The molecule has 1 heterocycles. The first-order valence-electron chi connectivity index (χ1n) is 15.4. The van der Waals surface area contributed by atoms with Crippen LogP contribution in [0.15, 0.2) is 152 Å². The van der Waals surface area contributed by atoms with Crippen molar-refractivity contribution in [1.29, 1.82) is 0 Å². The molecule has 0 aliphatic heterocycles. The number of hydrogen-bond donors (Lipinski definition) is 1. The third-order valence-electron chi connectivity index (χ3n) is 8.80. The number of nitrogens with zero attached hydrogens (tertiary/aromatic N) is 3. The second kappa shape index (κ2) is 11.4. The summed E-state index contributed by atoms with van der Waals surface area (Å²) in [5.41, 5.74) is 13.4. The van der Waals surface area contributed by atoms with Gasteiger partial charge in [0.25, 0.3) is 0 Å². The van der Waals surface area contributed by atoms with Crippen LogP contribution in [0, 0.1) is 6.92 Å². The second-order valence-corrected chi connectivity index (χ2v) is 11.5. The molecule has 0 saturated heterocycles. The fourth-order valence-corrected chi connectivity index (χ4v) is 6.43. The van der Waals surface area contributed by atoms with E-state index in [1.54, 1.807) is 6.20 Å². The van der Waals surface area contributed by atoms with Crippen molar-refractivity contribution < 1.29 is 0 Å². The van der Waals surface area contributed by atoms with Crippen LogP contribution >= 0.6 is 0 Å². The lowest BCUT2D eigenvalue weighted by Crippen LogP contribution is -2.06. The van der Waals surface area contributed by atoms with E-state index in [0.717, 1.165) is 33.4 Å². The van der Waals surface area contributed by atoms with Crippen LogP contribution < -0.4 is 5.73 Å². The summed E-state index contributed by atoms with van der Waals surface area (Å²) in [5.74, 6) is 1.73. The number of hydrogen-bond acceptors (Lipinski definition) is 4. The van der Waals surface area contributed by atoms with E-state index in [0.29, 0.717) is 17.5 Å². The molecule has 0 unspecified atom stereocenters. The molecule has 0 bridgehead atoms. The normalized spacial score (nSPS) is 11.8. The zero-order chi connectivity index (χ0) is 31.0. The Balaban J connectivity index is 1.25. The molecule has 46 heavy (non-hydrogen) atoms. The summed E-state index contributed by atoms with van der Waals surface area (Å²) in [4.78, 5) is 15.0. The molecular weight excluding hydrogens is 560 g/mol. The average Bonchev–Trinajstić information content (AvgIpc) is 3.13. The Labute approximate surface area is 267 Å². The van der Waals surface area contributed by atoms with E-state index in [1.807, 2.05) is 30.3 Å². The lowest BCUT2D eigenvalue weighted by atomic mass is 9.92. The van der Waals surface area contributed by atoms with E-state index in [-0.39, 0.29) is 0 Å². The molecular formula is C42H30N4. The summed E-state index contributed by atoms with van der Waals surface area (Å²) in [6.45, 7) is 2.14. The fourth-order valence-electron chi connectivity index (χ4n) is 6.43. The van der Waals surface area contributed by atoms with Crippen LogP contribution in [-0.2, 0) is 0 Å². The van der Waals surface area contributed by atoms with E-state index >= 15 is 0 Å². The molecule has 0 saturated carbocycles. The second-order valence-electron chi connectivity index (χ2n) is 11.5. The van der Waals surface area contributed by atoms with Crippen LogP contribution in [0.5, 0.6) is 0 Å². The van der Waals surface area contributed by atoms with E-state index in [9.17, 15) is 0 Å². The van der Waals surface area contributed by atoms with Crippen molar-refractivity contribution in [3.05, 3.63) is 169 Å². The van der Waals surface area contributed by atoms with Crippen molar-refractivity contribution in [3.63, 3.8) is 0 Å². The van der Waals surface area contributed by atoms with Gasteiger partial charge in [0, 0.05) is 22.9 Å². The molecule has 0 radical (unpaired) electrons. The van der Waals surface area contributed by atoms with Gasteiger partial charge in [-0.2, -0.15) is 0 Å². The standard InChI is InChI=1S/C42H30N4/c1-27-33-23-22-29-11-6-8-16-37(29)38(33)25-24-34(27)39(26-43)42-45-40(31-12-3-2-4-13-31)44-41(46-42)32-20-18-30(19-21-32)36-17-9-14-28-10-5-7-15-35(28)36/h2-26H,43H2,1H3/b39-26+. The van der Waals surface area contributed by atoms with Crippen molar-refractivity contribution >= 4 is 37.9 Å². The Bertz CT molecular complexity index is 2420. The van der Waals surface area contributed by atoms with Crippen LogP contribution in [0.4, 0.5) is 0 Å². The van der Waals surface area contributed by atoms with Crippen LogP contribution in [0.3, 0.4) is 0 Å². The molecule has 0 spiro atoms. The summed E-state index contributed by atoms with van der Waals surface area (Å²) in [6, 6.07) is 50.5. The van der Waals surface area contributed by atoms with Gasteiger partial charge in [0.05, 0.1) is 0 Å². The molecule has 8 aromatic rings. The Kier molecular flexibility index (Phi) is 6.81. The van der Waals surface area contributed by atoms with Crippen molar-refractivity contribution in [2.45, 2.75) is 6.92 Å². The first kappa shape index (κ1) is 27.4. The highest BCUT2D eigenvalue weighted by Crippen LogP contribution is 2.35. The minimum Gasteiger partial charge on any atom is -0.404 e. The topological polar surface area (TPSA) is 64.7 Å². The molecule has 218 valence electrons. The van der Waals surface area contributed by atoms with Gasteiger partial charge < -0.3 is 5.73 Å². The molecule has 4 nitrogen and oxygen atoms in total. The minimum absolute atomic E-state index is 0.535. The summed E-state index contributed by atoms with van der Waals surface area (Å²) in [6.07, 6.45) is 1.62. The number of aryl methyl sites for hydroxylation is 1. The van der Waals surface area contributed by atoms with Crippen molar-refractivity contribution in [3.8, 4) is 33.9 Å². The Morgan fingerprint density at radius 1 is 0.478 bits per heavy atom. The smallest absolute Gasteiger partial charge is 0.166 e. The molecule has 0 amide bonds. The number of fused-ring (bicyclic) bond motifs is 4. The SMILES string of the molecule is Cc1c(/C(=C\N)c2nc(-c3ccccc3)nc(-c3ccc(-c4cccc5ccccc45)cc3)n2)ccc2c1ccc1ccccc12. The molecule has 8 rings (SSSR count). The molecule has 0 fully saturated rings. The van der Waals surface area contributed by atoms with Gasteiger partial charge in [-0.15, -0.1) is 0 Å². The Hall–Kier alpha value is -6.13. The van der Waals surface area contributed by atoms with Gasteiger partial charge in [-0.25, -0.2) is 15.0 Å². The molecule has 7 aromatic carbocycles. The van der Waals surface area contributed by atoms with Gasteiger partial charge in [-0.05, 0) is 61.5 Å². The third-order valence-corrected chi connectivity index (χ3v) is 8.80. The van der Waals surface area contributed by atoms with Crippen molar-refractivity contribution in [2.75, 3.05) is 0 Å². The molecule has 1 aromatic heterocycles. The van der Waals surface area contributed by atoms with Gasteiger partial charge in [0.1, 0.15) is 0 Å². The van der Waals surface area contributed by atoms with E-state index in [1.165, 1.54) is 37.9 Å². The predicted molar refractivity (Wildman–Crippen MR) is 191 cm³/mol. The zero-order valence-corrected chi connectivity index (χ0v) is 25.4. The maximum atomic E-state index is 6.39. The van der Waals surface area contributed by atoms with Crippen molar-refractivity contribution in [2.24, 2.45) is 5.73 Å². The first-order valence-corrected chi connectivity index (χ1v) is 15.4. The zero-order valence-electron chi connectivity index (χ0n) is 25.4. The Morgan fingerprint density at radius 2 is 1.07 bits per heavy atom. The van der Waals surface area contributed by atoms with Gasteiger partial charge in [-0.3, -0.25) is 0 Å². The Morgan fingerprint density at radius 3 is 1.80 bits per heavy atom.